The number of hydrogen-bond acceptors (Lipinski definition) is 1. The maximum atomic E-state index is 2.48. The Hall–Kier alpha value is -0.0400. The van der Waals surface area contributed by atoms with Gasteiger partial charge in [-0.05, 0) is 19.4 Å². The zero-order valence-electron chi connectivity index (χ0n) is 6.27. The Morgan fingerprint density at radius 1 is 1.33 bits per heavy atom. The quantitative estimate of drug-likeness (QED) is 0.518. The highest BCUT2D eigenvalue weighted by molar-refractivity contribution is 4.85. The number of nitrogens with zero attached hydrogens (tertiary/aromatic N) is 1. The van der Waals surface area contributed by atoms with E-state index in [1.54, 1.807) is 0 Å². The summed E-state index contributed by atoms with van der Waals surface area (Å²) in [6.45, 7) is 6.06. The fraction of sp³-hybridized carbons (Fsp3) is 0.875. The molecule has 0 aromatic rings. The standard InChI is InChI=1S/C8H16N/c1-2-3-4-6-9-7-5-8-9/h5H,2-4,6-8H2,1H3. The van der Waals surface area contributed by atoms with Gasteiger partial charge >= 0.3 is 0 Å². The third kappa shape index (κ3) is 2.35. The zero-order valence-corrected chi connectivity index (χ0v) is 6.27. The number of hydrogen-bond donors (Lipinski definition) is 0. The third-order valence-corrected chi connectivity index (χ3v) is 1.85. The molecular formula is C8H16N. The van der Waals surface area contributed by atoms with Crippen molar-refractivity contribution in [3.63, 3.8) is 0 Å². The maximum Gasteiger partial charge on any atom is 0.00256 e. The molecule has 1 fully saturated rings. The molecule has 1 aliphatic rings. The largest absolute Gasteiger partial charge is 0.303 e. The fourth-order valence-electron chi connectivity index (χ4n) is 1.08. The summed E-state index contributed by atoms with van der Waals surface area (Å²) in [7, 11) is 0. The number of unbranched alkanes of at least 4 members (excludes halogenated alkanes) is 2. The Kier molecular flexibility index (Phi) is 3.05. The van der Waals surface area contributed by atoms with E-state index in [-0.39, 0.29) is 0 Å². The molecule has 0 aromatic heterocycles. The van der Waals surface area contributed by atoms with Gasteiger partial charge in [0.15, 0.2) is 0 Å². The lowest BCUT2D eigenvalue weighted by Gasteiger charge is -2.30. The molecule has 1 heteroatoms. The molecule has 1 aliphatic heterocycles. The average Bonchev–Trinajstić information content (AvgIpc) is 1.76. The van der Waals surface area contributed by atoms with Crippen molar-refractivity contribution in [2.75, 3.05) is 19.6 Å². The van der Waals surface area contributed by atoms with E-state index in [1.807, 2.05) is 0 Å². The molecular weight excluding hydrogens is 110 g/mol. The molecule has 0 amide bonds. The summed E-state index contributed by atoms with van der Waals surface area (Å²) < 4.78 is 0. The van der Waals surface area contributed by atoms with E-state index in [0.717, 1.165) is 0 Å². The molecule has 0 aliphatic carbocycles. The molecule has 0 aromatic carbocycles. The van der Waals surface area contributed by atoms with E-state index < -0.39 is 0 Å². The molecule has 1 nitrogen and oxygen atoms in total. The van der Waals surface area contributed by atoms with Crippen molar-refractivity contribution in [3.05, 3.63) is 6.42 Å². The van der Waals surface area contributed by atoms with Crippen LogP contribution in [0.2, 0.25) is 0 Å². The lowest BCUT2D eigenvalue weighted by molar-refractivity contribution is 0.239. The minimum absolute atomic E-state index is 1.24. The Labute approximate surface area is 58.0 Å². The second-order valence-corrected chi connectivity index (χ2v) is 2.76. The van der Waals surface area contributed by atoms with Crippen LogP contribution in [0.3, 0.4) is 0 Å². The van der Waals surface area contributed by atoms with Crippen LogP contribution in [-0.2, 0) is 0 Å². The van der Waals surface area contributed by atoms with Gasteiger partial charge in [-0.15, -0.1) is 0 Å². The van der Waals surface area contributed by atoms with Gasteiger partial charge in [-0.1, -0.05) is 19.8 Å². The topological polar surface area (TPSA) is 3.24 Å². The van der Waals surface area contributed by atoms with E-state index in [4.69, 9.17) is 0 Å². The molecule has 53 valence electrons. The minimum atomic E-state index is 1.24. The van der Waals surface area contributed by atoms with Gasteiger partial charge in [0.25, 0.3) is 0 Å². The van der Waals surface area contributed by atoms with E-state index in [9.17, 15) is 0 Å². The third-order valence-electron chi connectivity index (χ3n) is 1.85. The summed E-state index contributed by atoms with van der Waals surface area (Å²) in [6.07, 6.45) is 6.46. The molecule has 1 saturated heterocycles. The second-order valence-electron chi connectivity index (χ2n) is 2.76. The molecule has 1 rings (SSSR count). The van der Waals surface area contributed by atoms with Crippen molar-refractivity contribution < 1.29 is 0 Å². The van der Waals surface area contributed by atoms with Crippen LogP contribution in [0.1, 0.15) is 26.2 Å². The van der Waals surface area contributed by atoms with E-state index in [2.05, 4.69) is 18.2 Å². The van der Waals surface area contributed by atoms with Gasteiger partial charge in [-0.3, -0.25) is 0 Å². The smallest absolute Gasteiger partial charge is 0.00256 e. The summed E-state index contributed by atoms with van der Waals surface area (Å²) in [4.78, 5) is 2.48. The number of likely N-dealkylation sites (tertiary alicyclic amines) is 1. The highest BCUT2D eigenvalue weighted by atomic mass is 15.2. The van der Waals surface area contributed by atoms with Gasteiger partial charge < -0.3 is 4.90 Å². The van der Waals surface area contributed by atoms with Crippen molar-refractivity contribution in [1.29, 1.82) is 0 Å². The van der Waals surface area contributed by atoms with Gasteiger partial charge in [-0.2, -0.15) is 0 Å². The van der Waals surface area contributed by atoms with Crippen LogP contribution in [0, 0.1) is 6.42 Å². The Morgan fingerprint density at radius 2 is 2.11 bits per heavy atom. The lowest BCUT2D eigenvalue weighted by Crippen LogP contribution is -2.38. The Balaban J connectivity index is 1.80. The first-order valence-electron chi connectivity index (χ1n) is 3.97. The molecule has 0 atom stereocenters. The van der Waals surface area contributed by atoms with Crippen molar-refractivity contribution >= 4 is 0 Å². The zero-order chi connectivity index (χ0) is 6.53. The lowest BCUT2D eigenvalue weighted by atomic mass is 10.2. The van der Waals surface area contributed by atoms with Crippen LogP contribution in [-0.4, -0.2) is 24.5 Å². The van der Waals surface area contributed by atoms with Gasteiger partial charge in [0, 0.05) is 13.1 Å². The van der Waals surface area contributed by atoms with Crippen LogP contribution in [0.4, 0.5) is 0 Å². The molecule has 0 unspecified atom stereocenters. The predicted octanol–water partition coefficient (Wildman–Crippen LogP) is 1.70. The van der Waals surface area contributed by atoms with Gasteiger partial charge in [-0.25, -0.2) is 0 Å². The van der Waals surface area contributed by atoms with Gasteiger partial charge in [0.05, 0.1) is 0 Å². The first kappa shape index (κ1) is 7.07. The molecule has 0 bridgehead atoms. The fourth-order valence-corrected chi connectivity index (χ4v) is 1.08. The minimum Gasteiger partial charge on any atom is -0.303 e. The van der Waals surface area contributed by atoms with Crippen LogP contribution in [0.15, 0.2) is 0 Å². The van der Waals surface area contributed by atoms with Gasteiger partial charge in [0.2, 0.25) is 0 Å². The van der Waals surface area contributed by atoms with E-state index >= 15 is 0 Å². The predicted molar refractivity (Wildman–Crippen MR) is 40.3 cm³/mol. The summed E-state index contributed by atoms with van der Waals surface area (Å²) in [6, 6.07) is 0. The summed E-state index contributed by atoms with van der Waals surface area (Å²) in [5, 5.41) is 0. The first-order chi connectivity index (χ1) is 4.43. The monoisotopic (exact) mass is 126 g/mol. The highest BCUT2D eigenvalue weighted by Gasteiger charge is 2.11. The van der Waals surface area contributed by atoms with E-state index in [1.165, 1.54) is 38.9 Å². The molecule has 1 radical (unpaired) electrons. The highest BCUT2D eigenvalue weighted by Crippen LogP contribution is 2.06. The average molecular weight is 126 g/mol. The second kappa shape index (κ2) is 3.89. The number of rotatable bonds is 4. The molecule has 0 saturated carbocycles. The normalized spacial score (nSPS) is 19.7. The van der Waals surface area contributed by atoms with Crippen molar-refractivity contribution in [2.24, 2.45) is 0 Å². The Morgan fingerprint density at radius 3 is 2.56 bits per heavy atom. The van der Waals surface area contributed by atoms with Crippen molar-refractivity contribution in [2.45, 2.75) is 26.2 Å². The summed E-state index contributed by atoms with van der Waals surface area (Å²) in [5.41, 5.74) is 0. The van der Waals surface area contributed by atoms with E-state index in [0.29, 0.717) is 0 Å². The van der Waals surface area contributed by atoms with Crippen LogP contribution in [0.25, 0.3) is 0 Å². The summed E-state index contributed by atoms with van der Waals surface area (Å²) in [5.74, 6) is 0. The first-order valence-corrected chi connectivity index (χ1v) is 3.97. The van der Waals surface area contributed by atoms with Gasteiger partial charge in [0.1, 0.15) is 0 Å². The maximum absolute atomic E-state index is 2.48. The molecule has 1 heterocycles. The molecule has 0 spiro atoms. The van der Waals surface area contributed by atoms with Crippen molar-refractivity contribution in [1.82, 2.24) is 4.90 Å². The Bertz CT molecular complexity index is 67.0. The van der Waals surface area contributed by atoms with Crippen LogP contribution in [0.5, 0.6) is 0 Å². The molecule has 9 heavy (non-hydrogen) atoms. The van der Waals surface area contributed by atoms with Crippen LogP contribution >= 0.6 is 0 Å². The van der Waals surface area contributed by atoms with Crippen molar-refractivity contribution in [3.8, 4) is 0 Å². The van der Waals surface area contributed by atoms with Crippen LogP contribution < -0.4 is 0 Å². The SMILES string of the molecule is CCCCCN1C[CH]C1. The summed E-state index contributed by atoms with van der Waals surface area (Å²) >= 11 is 0. The molecule has 0 N–H and O–H groups in total.